The lowest BCUT2D eigenvalue weighted by atomic mass is 9.42. The molecule has 63 heavy (non-hydrogen) atoms. The molecule has 18 nitrogen and oxygen atoms in total. The van der Waals surface area contributed by atoms with Crippen molar-refractivity contribution in [3.8, 4) is 0 Å². The lowest BCUT2D eigenvalue weighted by Crippen LogP contribution is -2.69. The molecule has 18 heteroatoms. The SMILES string of the molecule is C[C@@H]1CC[C@@]2(OC1)O[C@H]1C[C@H]3[C@@H]4C[C@@H](O)[C@@]5(O)C[C@@H](O[C@@H]6O[C@H](CO)[C@@H](O[C@@H]7O[C@@H](C)[C@H](O)[C@@H](O)[C@H]7O)[C@H](O)[C@H]6O[C@@H]6O[C@@H](C)[C@H](O)[C@@H](O)[C@H]6O)CC[C@]5(C)[C@H]4CC[C@]3(C)[C@H]1[C@@H]2C. The minimum atomic E-state index is -1.78. The molecule has 9 aliphatic rings. The largest absolute Gasteiger partial charge is 0.394 e. The second-order valence-corrected chi connectivity index (χ2v) is 21.8. The van der Waals surface area contributed by atoms with Crippen molar-refractivity contribution in [2.45, 2.75) is 221 Å². The van der Waals surface area contributed by atoms with Crippen molar-refractivity contribution < 1.29 is 89.0 Å². The van der Waals surface area contributed by atoms with E-state index in [1.807, 2.05) is 0 Å². The summed E-state index contributed by atoms with van der Waals surface area (Å²) in [4.78, 5) is 0. The van der Waals surface area contributed by atoms with E-state index in [1.165, 1.54) is 13.8 Å². The number of rotatable bonds is 7. The maximum Gasteiger partial charge on any atom is 0.187 e. The maximum absolute atomic E-state index is 12.8. The summed E-state index contributed by atoms with van der Waals surface area (Å²) in [5, 5.41) is 111. The summed E-state index contributed by atoms with van der Waals surface area (Å²) in [6.07, 6.45) is -18.2. The van der Waals surface area contributed by atoms with E-state index in [0.717, 1.165) is 32.1 Å². The number of fused-ring (bicyclic) bond motifs is 7. The standard InChI is InChI=1S/C45H74O18/c1-18-7-12-45(56-17-18)19(2)29-26(63-45)14-25-23-13-28(47)44(55)15-22(8-11-43(44,6)24(23)9-10-42(25,29)5)59-41-38(62-40-35(53)33(51)31(49)21(4)58-40)36(54)37(27(16-46)60-41)61-39-34(52)32(50)30(48)20(3)57-39/h18-41,46-55H,7-17H2,1-6H3/t18-,19+,20+,21+,22+,23-,24+,25+,26+,27-,28-,29+,30+,31+,32-,33-,34-,35-,36+,37-,38-,39+,40+,41-,42+,43-,44+,45-/m1/s1. The molecule has 0 bridgehead atoms. The monoisotopic (exact) mass is 902 g/mol. The van der Waals surface area contributed by atoms with Gasteiger partial charge in [0.05, 0.1) is 49.3 Å². The van der Waals surface area contributed by atoms with E-state index < -0.39 is 128 Å². The van der Waals surface area contributed by atoms with Crippen LogP contribution < -0.4 is 0 Å². The Morgan fingerprint density at radius 1 is 0.635 bits per heavy atom. The van der Waals surface area contributed by atoms with Crippen LogP contribution in [-0.4, -0.2) is 186 Å². The Balaban J connectivity index is 0.930. The predicted molar refractivity (Wildman–Crippen MR) is 216 cm³/mol. The minimum absolute atomic E-state index is 0.00800. The first kappa shape index (κ1) is 47.4. The fraction of sp³-hybridized carbons (Fsp3) is 1.00. The average molecular weight is 903 g/mol. The molecule has 5 saturated heterocycles. The highest BCUT2D eigenvalue weighted by Gasteiger charge is 2.72. The molecule has 0 amide bonds. The number of hydrogen-bond acceptors (Lipinski definition) is 18. The average Bonchev–Trinajstić information content (AvgIpc) is 3.70. The summed E-state index contributed by atoms with van der Waals surface area (Å²) in [6, 6.07) is 0. The van der Waals surface area contributed by atoms with E-state index in [0.29, 0.717) is 43.6 Å². The Morgan fingerprint density at radius 2 is 1.27 bits per heavy atom. The first-order valence-electron chi connectivity index (χ1n) is 23.7. The van der Waals surface area contributed by atoms with Crippen molar-refractivity contribution in [1.29, 1.82) is 0 Å². The second kappa shape index (κ2) is 17.1. The van der Waals surface area contributed by atoms with Crippen LogP contribution in [0.25, 0.3) is 0 Å². The van der Waals surface area contributed by atoms with Gasteiger partial charge in [-0.1, -0.05) is 27.7 Å². The van der Waals surface area contributed by atoms with Crippen LogP contribution in [0.1, 0.15) is 99.3 Å². The van der Waals surface area contributed by atoms with Crippen LogP contribution in [0, 0.1) is 46.3 Å². The Kier molecular flexibility index (Phi) is 12.8. The lowest BCUT2D eigenvalue weighted by Gasteiger charge is -2.65. The number of aliphatic hydroxyl groups is 10. The summed E-state index contributed by atoms with van der Waals surface area (Å²) in [5.41, 5.74) is -2.21. The van der Waals surface area contributed by atoms with Crippen LogP contribution in [0.4, 0.5) is 0 Å². The van der Waals surface area contributed by atoms with Crippen molar-refractivity contribution in [2.24, 2.45) is 46.3 Å². The van der Waals surface area contributed by atoms with Gasteiger partial charge in [-0.25, -0.2) is 0 Å². The highest BCUT2D eigenvalue weighted by molar-refractivity contribution is 5.20. The Hall–Kier alpha value is -0.720. The second-order valence-electron chi connectivity index (χ2n) is 21.8. The first-order valence-corrected chi connectivity index (χ1v) is 23.7. The number of hydrogen-bond donors (Lipinski definition) is 10. The molecule has 0 aromatic heterocycles. The molecule has 9 rings (SSSR count). The quantitative estimate of drug-likeness (QED) is 0.143. The van der Waals surface area contributed by atoms with Gasteiger partial charge in [0.15, 0.2) is 24.7 Å². The Bertz CT molecular complexity index is 1620. The fourth-order valence-electron chi connectivity index (χ4n) is 14.6. The summed E-state index contributed by atoms with van der Waals surface area (Å²) in [5.74, 6) is 1.22. The molecule has 10 N–H and O–H groups in total. The molecule has 0 aromatic carbocycles. The summed E-state index contributed by atoms with van der Waals surface area (Å²) < 4.78 is 49.7. The van der Waals surface area contributed by atoms with Gasteiger partial charge in [-0.15, -0.1) is 0 Å². The molecular weight excluding hydrogens is 828 g/mol. The van der Waals surface area contributed by atoms with Crippen LogP contribution in [0.15, 0.2) is 0 Å². The van der Waals surface area contributed by atoms with Gasteiger partial charge in [0.2, 0.25) is 0 Å². The van der Waals surface area contributed by atoms with Crippen LogP contribution in [0.2, 0.25) is 0 Å². The molecule has 28 atom stereocenters. The van der Waals surface area contributed by atoms with Gasteiger partial charge < -0.3 is 89.0 Å². The van der Waals surface area contributed by atoms with Crippen molar-refractivity contribution in [2.75, 3.05) is 13.2 Å². The molecule has 9 fully saturated rings. The Labute approximate surface area is 369 Å². The zero-order valence-corrected chi connectivity index (χ0v) is 37.4. The topological polar surface area (TPSA) is 276 Å². The minimum Gasteiger partial charge on any atom is -0.394 e. The van der Waals surface area contributed by atoms with Crippen molar-refractivity contribution in [3.05, 3.63) is 0 Å². The van der Waals surface area contributed by atoms with E-state index in [2.05, 4.69) is 27.7 Å². The number of ether oxygens (including phenoxy) is 8. The van der Waals surface area contributed by atoms with Gasteiger partial charge in [-0.05, 0) is 93.8 Å². The zero-order chi connectivity index (χ0) is 45.3. The van der Waals surface area contributed by atoms with Gasteiger partial charge in [0.1, 0.15) is 61.0 Å². The van der Waals surface area contributed by atoms with Gasteiger partial charge in [-0.2, -0.15) is 0 Å². The molecule has 1 spiro atoms. The molecule has 0 aromatic rings. The third-order valence-electron chi connectivity index (χ3n) is 18.4. The molecule has 362 valence electrons. The zero-order valence-electron chi connectivity index (χ0n) is 37.4. The predicted octanol–water partition coefficient (Wildman–Crippen LogP) is -0.593. The fourth-order valence-corrected chi connectivity index (χ4v) is 14.6. The lowest BCUT2D eigenvalue weighted by molar-refractivity contribution is -0.391. The van der Waals surface area contributed by atoms with E-state index in [9.17, 15) is 51.1 Å². The van der Waals surface area contributed by atoms with Gasteiger partial charge in [0.25, 0.3) is 0 Å². The van der Waals surface area contributed by atoms with Crippen molar-refractivity contribution in [3.63, 3.8) is 0 Å². The van der Waals surface area contributed by atoms with Crippen LogP contribution in [0.5, 0.6) is 0 Å². The molecule has 4 aliphatic carbocycles. The highest BCUT2D eigenvalue weighted by atomic mass is 16.8. The molecule has 4 saturated carbocycles. The summed E-state index contributed by atoms with van der Waals surface area (Å²) in [7, 11) is 0. The van der Waals surface area contributed by atoms with E-state index in [4.69, 9.17) is 37.9 Å². The normalized spacial score (nSPS) is 60.6. The first-order chi connectivity index (χ1) is 29.7. The molecular formula is C45H74O18. The maximum atomic E-state index is 12.8. The van der Waals surface area contributed by atoms with Gasteiger partial charge in [-0.3, -0.25) is 0 Å². The smallest absolute Gasteiger partial charge is 0.187 e. The molecule has 0 radical (unpaired) electrons. The third-order valence-corrected chi connectivity index (χ3v) is 18.4. The van der Waals surface area contributed by atoms with Gasteiger partial charge in [0, 0.05) is 24.2 Å². The summed E-state index contributed by atoms with van der Waals surface area (Å²) in [6.45, 7) is 12.0. The molecule has 5 heterocycles. The highest BCUT2D eigenvalue weighted by Crippen LogP contribution is 2.72. The third kappa shape index (κ3) is 7.43. The summed E-state index contributed by atoms with van der Waals surface area (Å²) >= 11 is 0. The van der Waals surface area contributed by atoms with E-state index in [-0.39, 0.29) is 35.7 Å². The number of aliphatic hydroxyl groups excluding tert-OH is 9. The van der Waals surface area contributed by atoms with E-state index in [1.54, 1.807) is 0 Å². The van der Waals surface area contributed by atoms with Crippen molar-refractivity contribution >= 4 is 0 Å². The van der Waals surface area contributed by atoms with Crippen LogP contribution in [-0.2, 0) is 37.9 Å². The van der Waals surface area contributed by atoms with E-state index >= 15 is 0 Å². The molecule has 5 aliphatic heterocycles. The Morgan fingerprint density at radius 3 is 1.87 bits per heavy atom. The molecule has 0 unspecified atom stereocenters. The van der Waals surface area contributed by atoms with Crippen molar-refractivity contribution in [1.82, 2.24) is 0 Å². The van der Waals surface area contributed by atoms with Gasteiger partial charge >= 0.3 is 0 Å². The van der Waals surface area contributed by atoms with Crippen LogP contribution >= 0.6 is 0 Å². The van der Waals surface area contributed by atoms with Crippen LogP contribution in [0.3, 0.4) is 0 Å².